The maximum Gasteiger partial charge on any atom is 0.159 e. The molecule has 232 valence electrons. The molecule has 2 aliphatic heterocycles. The Morgan fingerprint density at radius 2 is 1.79 bits per heavy atom. The van der Waals surface area contributed by atoms with Gasteiger partial charge in [0.1, 0.15) is 23.7 Å². The molecule has 4 aromatic rings. The molecule has 0 radical (unpaired) electrons. The summed E-state index contributed by atoms with van der Waals surface area (Å²) in [6, 6.07) is 21.6. The van der Waals surface area contributed by atoms with Crippen LogP contribution < -0.4 is 14.7 Å². The summed E-state index contributed by atoms with van der Waals surface area (Å²) in [6.07, 6.45) is 34.4. The van der Waals surface area contributed by atoms with Crippen molar-refractivity contribution in [3.8, 4) is 17.6 Å². The highest BCUT2D eigenvalue weighted by atomic mass is 28.3. The lowest BCUT2D eigenvalue weighted by molar-refractivity contribution is 0.246. The molecule has 6 aliphatic rings. The molecule has 5 atom stereocenters. The number of fused-ring (bicyclic) bond motifs is 9. The smallest absolute Gasteiger partial charge is 0.159 e. The van der Waals surface area contributed by atoms with E-state index in [-0.39, 0.29) is 18.1 Å². The van der Waals surface area contributed by atoms with Crippen LogP contribution in [0.2, 0.25) is 5.54 Å². The highest BCUT2D eigenvalue weighted by molar-refractivity contribution is 7.06. The molecule has 10 rings (SSSR count). The van der Waals surface area contributed by atoms with Crippen LogP contribution >= 0.6 is 0 Å². The van der Waals surface area contributed by atoms with Gasteiger partial charge in [-0.05, 0) is 83.7 Å². The number of benzene rings is 3. The number of hydrogen-bond acceptors (Lipinski definition) is 3. The molecule has 0 amide bonds. The van der Waals surface area contributed by atoms with E-state index in [2.05, 4.69) is 126 Å². The Hall–Kier alpha value is -5.31. The van der Waals surface area contributed by atoms with Gasteiger partial charge in [0, 0.05) is 34.4 Å². The Kier molecular flexibility index (Phi) is 6.13. The zero-order valence-corrected chi connectivity index (χ0v) is 27.6. The maximum absolute atomic E-state index is 9.62. The minimum atomic E-state index is -2.52. The Bertz CT molecular complexity index is 2350. The second-order valence-electron chi connectivity index (χ2n) is 13.6. The highest BCUT2D eigenvalue weighted by Crippen LogP contribution is 2.51. The third kappa shape index (κ3) is 3.81. The molecule has 48 heavy (non-hydrogen) atoms. The monoisotopic (exact) mass is 638 g/mol. The van der Waals surface area contributed by atoms with Crippen LogP contribution in [0.5, 0.6) is 11.5 Å². The number of nitrogens with zero attached hydrogens (tertiary/aromatic N) is 2. The molecule has 0 saturated carbocycles. The Morgan fingerprint density at radius 1 is 0.854 bits per heavy atom. The molecule has 0 saturated heterocycles. The topological polar surface area (TPSA) is 47.2 Å². The lowest BCUT2D eigenvalue weighted by Crippen LogP contribution is -2.62. The van der Waals surface area contributed by atoms with E-state index in [9.17, 15) is 5.26 Å². The third-order valence-electron chi connectivity index (χ3n) is 11.2. The van der Waals surface area contributed by atoms with Crippen molar-refractivity contribution < 1.29 is 9.47 Å². The third-order valence-corrected chi connectivity index (χ3v) is 16.7. The van der Waals surface area contributed by atoms with E-state index in [1.807, 2.05) is 18.2 Å². The van der Waals surface area contributed by atoms with Crippen molar-refractivity contribution in [3.63, 3.8) is 0 Å². The van der Waals surface area contributed by atoms with Crippen LogP contribution in [0.3, 0.4) is 0 Å². The Labute approximate surface area is 281 Å². The molecular formula is C43H34N2O2Si. The zero-order chi connectivity index (χ0) is 31.8. The molecule has 5 heteroatoms. The van der Waals surface area contributed by atoms with E-state index in [0.717, 1.165) is 59.5 Å². The van der Waals surface area contributed by atoms with Gasteiger partial charge >= 0.3 is 0 Å². The first-order valence-corrected chi connectivity index (χ1v) is 19.3. The first-order chi connectivity index (χ1) is 23.8. The van der Waals surface area contributed by atoms with Crippen LogP contribution in [-0.4, -0.2) is 24.8 Å². The standard InChI is InChI=1S/C43H34N2O2Si/c44-27-28-19-22-37-33(25-28)34-26-29(20-23-38(34)46-37)45-35-16-8-7-15-32(35)42-36(45)21-24-41-43(42)47-39-17-9-10-18-40(39)48(41,30-11-3-1-4-12-30)31-13-5-2-6-14-31/h1,3-5,7-11,13-16,18-26,30,34,38-39H,2,6,12,17H2. The Morgan fingerprint density at radius 3 is 2.67 bits per heavy atom. The lowest BCUT2D eigenvalue weighted by Gasteiger charge is -2.49. The van der Waals surface area contributed by atoms with Gasteiger partial charge in [0.05, 0.1) is 22.7 Å². The first-order valence-electron chi connectivity index (χ1n) is 17.2. The number of ether oxygens (including phenoxy) is 2. The van der Waals surface area contributed by atoms with Crippen LogP contribution in [0.1, 0.15) is 42.7 Å². The minimum Gasteiger partial charge on any atom is -0.485 e. The number of rotatable bonds is 3. The van der Waals surface area contributed by atoms with Crippen molar-refractivity contribution in [2.75, 3.05) is 0 Å². The fourth-order valence-corrected chi connectivity index (χ4v) is 15.1. The van der Waals surface area contributed by atoms with Crippen molar-refractivity contribution >= 4 is 40.8 Å². The molecule has 0 fully saturated rings. The fourth-order valence-electron chi connectivity index (χ4n) is 9.21. The van der Waals surface area contributed by atoms with Gasteiger partial charge in [-0.25, -0.2) is 0 Å². The molecule has 4 nitrogen and oxygen atoms in total. The van der Waals surface area contributed by atoms with Gasteiger partial charge in [-0.1, -0.05) is 90.2 Å². The summed E-state index contributed by atoms with van der Waals surface area (Å²) >= 11 is 0. The molecule has 5 unspecified atom stereocenters. The van der Waals surface area contributed by atoms with Crippen LogP contribution in [-0.2, 0) is 0 Å². The average Bonchev–Trinajstić information content (AvgIpc) is 3.69. The van der Waals surface area contributed by atoms with Gasteiger partial charge in [-0.2, -0.15) is 5.26 Å². The second-order valence-corrected chi connectivity index (χ2v) is 17.7. The van der Waals surface area contributed by atoms with Crippen LogP contribution in [0, 0.1) is 11.3 Å². The van der Waals surface area contributed by atoms with E-state index in [1.54, 1.807) is 0 Å². The summed E-state index contributed by atoms with van der Waals surface area (Å²) in [7, 11) is -2.52. The molecule has 3 aromatic carbocycles. The molecular weight excluding hydrogens is 605 g/mol. The molecule has 3 heterocycles. The number of hydrogen-bond donors (Lipinski definition) is 0. The summed E-state index contributed by atoms with van der Waals surface area (Å²) in [5.41, 5.74) is 5.58. The van der Waals surface area contributed by atoms with Crippen molar-refractivity contribution in [2.45, 2.75) is 49.4 Å². The summed E-state index contributed by atoms with van der Waals surface area (Å²) in [6.45, 7) is 0. The van der Waals surface area contributed by atoms with Crippen molar-refractivity contribution in [2.24, 2.45) is 0 Å². The summed E-state index contributed by atoms with van der Waals surface area (Å²) in [5.74, 6) is 1.97. The predicted octanol–water partition coefficient (Wildman–Crippen LogP) is 9.17. The number of allylic oxidation sites excluding steroid dienone is 12. The van der Waals surface area contributed by atoms with Gasteiger partial charge in [0.15, 0.2) is 8.07 Å². The summed E-state index contributed by atoms with van der Waals surface area (Å²) in [5, 5.41) is 16.5. The first kappa shape index (κ1) is 27.8. The van der Waals surface area contributed by atoms with Gasteiger partial charge < -0.3 is 14.0 Å². The largest absolute Gasteiger partial charge is 0.485 e. The Balaban J connectivity index is 1.24. The molecule has 1 aromatic heterocycles. The lowest BCUT2D eigenvalue weighted by atomic mass is 9.90. The molecule has 0 spiro atoms. The van der Waals surface area contributed by atoms with E-state index >= 15 is 0 Å². The van der Waals surface area contributed by atoms with Crippen molar-refractivity contribution in [1.82, 2.24) is 4.57 Å². The highest BCUT2D eigenvalue weighted by Gasteiger charge is 2.55. The minimum absolute atomic E-state index is 0.0217. The molecule has 0 N–H and O–H groups in total. The van der Waals surface area contributed by atoms with E-state index in [1.165, 1.54) is 26.4 Å². The van der Waals surface area contributed by atoms with E-state index < -0.39 is 8.07 Å². The second kappa shape index (κ2) is 10.6. The number of nitriles is 1. The molecule has 0 bridgehead atoms. The van der Waals surface area contributed by atoms with Crippen LogP contribution in [0.25, 0.3) is 27.5 Å². The van der Waals surface area contributed by atoms with E-state index in [0.29, 0.717) is 11.1 Å². The van der Waals surface area contributed by atoms with Gasteiger partial charge in [-0.15, -0.1) is 0 Å². The van der Waals surface area contributed by atoms with Crippen molar-refractivity contribution in [1.29, 1.82) is 5.26 Å². The number of aromatic nitrogens is 1. The van der Waals surface area contributed by atoms with Crippen LogP contribution in [0.4, 0.5) is 0 Å². The average molecular weight is 639 g/mol. The van der Waals surface area contributed by atoms with E-state index in [4.69, 9.17) is 9.47 Å². The maximum atomic E-state index is 9.62. The quantitative estimate of drug-likeness (QED) is 0.210. The predicted molar refractivity (Wildman–Crippen MR) is 196 cm³/mol. The molecule has 4 aliphatic carbocycles. The SMILES string of the molecule is N#Cc1ccc2c(c1)C1C=C(n3c4ccccc4c4c5c(ccc43)[Si](C3=CCCC=C3)(C3C=CC=CC3)C3=CC=CCC3O5)C=CC1O2. The van der Waals surface area contributed by atoms with Crippen molar-refractivity contribution in [3.05, 3.63) is 155 Å². The van der Waals surface area contributed by atoms with Gasteiger partial charge in [0.2, 0.25) is 0 Å². The van der Waals surface area contributed by atoms with Gasteiger partial charge in [0.25, 0.3) is 0 Å². The summed E-state index contributed by atoms with van der Waals surface area (Å²) < 4.78 is 16.0. The fraction of sp³-hybridized carbons (Fsp3) is 0.186. The van der Waals surface area contributed by atoms with Crippen LogP contribution in [0.15, 0.2) is 144 Å². The number of para-hydroxylation sites is 1. The normalized spacial score (nSPS) is 27.6. The van der Waals surface area contributed by atoms with Gasteiger partial charge in [-0.3, -0.25) is 0 Å². The zero-order valence-electron chi connectivity index (χ0n) is 26.6. The summed E-state index contributed by atoms with van der Waals surface area (Å²) in [4.78, 5) is 0.